The normalized spacial score (nSPS) is 25.0. The van der Waals surface area contributed by atoms with E-state index in [9.17, 15) is 9.59 Å². The number of carbonyl (C=O) groups excluding carboxylic acids is 2. The number of guanidine groups is 1. The van der Waals surface area contributed by atoms with Gasteiger partial charge in [-0.1, -0.05) is 30.7 Å². The number of nitrogens with zero attached hydrogens (tertiary/aromatic N) is 5. The van der Waals surface area contributed by atoms with Crippen LogP contribution in [0.4, 0.5) is 4.79 Å². The van der Waals surface area contributed by atoms with Gasteiger partial charge in [-0.05, 0) is 44.9 Å². The number of benzene rings is 1. The van der Waals surface area contributed by atoms with Gasteiger partial charge >= 0.3 is 6.03 Å². The minimum atomic E-state index is -0.545. The van der Waals surface area contributed by atoms with Crippen LogP contribution in [-0.4, -0.2) is 62.8 Å². The number of rotatable bonds is 4. The van der Waals surface area contributed by atoms with Gasteiger partial charge in [0.15, 0.2) is 12.2 Å². The van der Waals surface area contributed by atoms with E-state index in [0.29, 0.717) is 5.02 Å². The molecule has 0 aromatic heterocycles. The maximum atomic E-state index is 13.5. The molecule has 4 rings (SSSR count). The van der Waals surface area contributed by atoms with Crippen molar-refractivity contribution < 1.29 is 9.59 Å². The van der Waals surface area contributed by atoms with Crippen molar-refractivity contribution in [2.75, 3.05) is 7.05 Å². The van der Waals surface area contributed by atoms with E-state index >= 15 is 0 Å². The Morgan fingerprint density at radius 2 is 1.93 bits per heavy atom. The highest BCUT2D eigenvalue weighted by molar-refractivity contribution is 6.30. The summed E-state index contributed by atoms with van der Waals surface area (Å²) in [6.07, 6.45) is 0.436. The van der Waals surface area contributed by atoms with Crippen LogP contribution in [0.15, 0.2) is 40.7 Å². The summed E-state index contributed by atoms with van der Waals surface area (Å²) in [6.45, 7) is 8.54. The number of imide groups is 1. The van der Waals surface area contributed by atoms with E-state index in [1.54, 1.807) is 24.1 Å². The van der Waals surface area contributed by atoms with Gasteiger partial charge in [-0.25, -0.2) is 9.79 Å². The van der Waals surface area contributed by atoms with Crippen LogP contribution in [0.1, 0.15) is 39.7 Å². The SMILES string of the molecule is CCC(C)N1C2=NC3C(C(=O)N(Cc4cccc(Cl)c4)C(=O)N3C)N2C(C)=C1C. The van der Waals surface area contributed by atoms with Crippen LogP contribution in [0.2, 0.25) is 5.02 Å². The Bertz CT molecular complexity index is 943. The van der Waals surface area contributed by atoms with E-state index in [0.717, 1.165) is 29.3 Å². The molecule has 3 aliphatic rings. The molecule has 3 amide bonds. The highest BCUT2D eigenvalue weighted by Crippen LogP contribution is 2.39. The molecule has 0 N–H and O–H groups in total. The minimum Gasteiger partial charge on any atom is -0.312 e. The maximum absolute atomic E-state index is 13.5. The standard InChI is InChI=1S/C21H26ClN5O2/c1-6-12(2)26-13(3)14(4)27-17-18(23-20(26)27)24(5)21(29)25(19(17)28)11-15-8-7-9-16(22)10-15/h7-10,12,17-18H,6,11H2,1-5H3. The molecule has 0 radical (unpaired) electrons. The third-order valence-corrected chi connectivity index (χ3v) is 6.43. The first-order chi connectivity index (χ1) is 13.8. The molecule has 3 heterocycles. The maximum Gasteiger partial charge on any atom is 0.328 e. The number of aliphatic imine (C=N–C) groups is 1. The van der Waals surface area contributed by atoms with E-state index in [2.05, 4.69) is 25.7 Å². The van der Waals surface area contributed by atoms with Gasteiger partial charge in [0, 0.05) is 29.5 Å². The van der Waals surface area contributed by atoms with Crippen molar-refractivity contribution in [3.05, 3.63) is 46.2 Å². The quantitative estimate of drug-likeness (QED) is 0.755. The Hall–Kier alpha value is -2.54. The minimum absolute atomic E-state index is 0.186. The number of fused-ring (bicyclic) bond motifs is 3. The monoisotopic (exact) mass is 415 g/mol. The molecule has 1 saturated heterocycles. The van der Waals surface area contributed by atoms with Crippen molar-refractivity contribution in [3.8, 4) is 0 Å². The topological polar surface area (TPSA) is 59.5 Å². The fourth-order valence-electron chi connectivity index (χ4n) is 4.31. The van der Waals surface area contributed by atoms with Crippen LogP contribution in [0.25, 0.3) is 0 Å². The lowest BCUT2D eigenvalue weighted by Crippen LogP contribution is -2.64. The van der Waals surface area contributed by atoms with Crippen LogP contribution in [0.5, 0.6) is 0 Å². The number of hydrogen-bond donors (Lipinski definition) is 0. The second-order valence-electron chi connectivity index (χ2n) is 7.90. The van der Waals surface area contributed by atoms with Crippen molar-refractivity contribution in [1.82, 2.24) is 19.6 Å². The number of amides is 3. The lowest BCUT2D eigenvalue weighted by molar-refractivity contribution is -0.137. The number of halogens is 1. The molecule has 1 aromatic carbocycles. The summed E-state index contributed by atoms with van der Waals surface area (Å²) in [5, 5.41) is 0.579. The van der Waals surface area contributed by atoms with Gasteiger partial charge in [-0.15, -0.1) is 0 Å². The zero-order valence-electron chi connectivity index (χ0n) is 17.4. The van der Waals surface area contributed by atoms with Gasteiger partial charge in [-0.3, -0.25) is 14.6 Å². The molecule has 0 bridgehead atoms. The molecule has 3 unspecified atom stereocenters. The molecule has 1 fully saturated rings. The van der Waals surface area contributed by atoms with Crippen LogP contribution in [0, 0.1) is 0 Å². The summed E-state index contributed by atoms with van der Waals surface area (Å²) in [4.78, 5) is 38.4. The highest BCUT2D eigenvalue weighted by Gasteiger charge is 2.56. The molecule has 154 valence electrons. The van der Waals surface area contributed by atoms with Gasteiger partial charge in [0.25, 0.3) is 5.91 Å². The number of hydrogen-bond acceptors (Lipinski definition) is 5. The molecule has 1 aromatic rings. The third kappa shape index (κ3) is 2.90. The Balaban J connectivity index is 1.69. The number of allylic oxidation sites excluding steroid dienone is 2. The van der Waals surface area contributed by atoms with Gasteiger partial charge in [0.05, 0.1) is 6.54 Å². The Kier molecular flexibility index (Phi) is 4.81. The number of carbonyl (C=O) groups is 2. The fraction of sp³-hybridized carbons (Fsp3) is 0.476. The lowest BCUT2D eigenvalue weighted by Gasteiger charge is -2.40. The average molecular weight is 416 g/mol. The fourth-order valence-corrected chi connectivity index (χ4v) is 4.52. The second kappa shape index (κ2) is 7.06. The van der Waals surface area contributed by atoms with Crippen molar-refractivity contribution in [2.45, 2.75) is 58.9 Å². The molecular weight excluding hydrogens is 390 g/mol. The third-order valence-electron chi connectivity index (χ3n) is 6.20. The predicted octanol–water partition coefficient (Wildman–Crippen LogP) is 3.47. The van der Waals surface area contributed by atoms with Crippen LogP contribution in [-0.2, 0) is 11.3 Å². The van der Waals surface area contributed by atoms with Gasteiger partial charge in [0.1, 0.15) is 0 Å². The van der Waals surface area contributed by atoms with E-state index in [4.69, 9.17) is 16.6 Å². The summed E-state index contributed by atoms with van der Waals surface area (Å²) in [6, 6.07) is 6.61. The van der Waals surface area contributed by atoms with Gasteiger partial charge < -0.3 is 9.80 Å². The molecule has 0 saturated carbocycles. The second-order valence-corrected chi connectivity index (χ2v) is 8.34. The molecular formula is C21H26ClN5O2. The van der Waals surface area contributed by atoms with Gasteiger partial charge in [-0.2, -0.15) is 0 Å². The molecule has 7 nitrogen and oxygen atoms in total. The van der Waals surface area contributed by atoms with Crippen molar-refractivity contribution >= 4 is 29.5 Å². The van der Waals surface area contributed by atoms with Crippen LogP contribution >= 0.6 is 11.6 Å². The summed E-state index contributed by atoms with van der Waals surface area (Å²) >= 11 is 6.08. The zero-order chi connectivity index (χ0) is 21.0. The highest BCUT2D eigenvalue weighted by atomic mass is 35.5. The number of likely N-dealkylation sites (N-methyl/N-ethyl adjacent to an activating group) is 1. The van der Waals surface area contributed by atoms with Crippen LogP contribution in [0.3, 0.4) is 0 Å². The first-order valence-electron chi connectivity index (χ1n) is 9.92. The first kappa shape index (κ1) is 19.8. The smallest absolute Gasteiger partial charge is 0.312 e. The molecule has 3 aliphatic heterocycles. The number of urea groups is 1. The first-order valence-corrected chi connectivity index (χ1v) is 10.3. The molecule has 0 aliphatic carbocycles. The summed E-state index contributed by atoms with van der Waals surface area (Å²) in [5.74, 6) is 0.539. The molecule has 0 spiro atoms. The largest absolute Gasteiger partial charge is 0.328 e. The van der Waals surface area contributed by atoms with Crippen molar-refractivity contribution in [2.24, 2.45) is 4.99 Å². The summed E-state index contributed by atoms with van der Waals surface area (Å²) in [7, 11) is 1.71. The van der Waals surface area contributed by atoms with Crippen molar-refractivity contribution in [1.29, 1.82) is 0 Å². The van der Waals surface area contributed by atoms with E-state index in [1.165, 1.54) is 4.90 Å². The molecule has 8 heteroatoms. The predicted molar refractivity (Wildman–Crippen MR) is 112 cm³/mol. The molecule has 3 atom stereocenters. The van der Waals surface area contributed by atoms with E-state index in [-0.39, 0.29) is 24.5 Å². The zero-order valence-corrected chi connectivity index (χ0v) is 18.1. The Morgan fingerprint density at radius 1 is 1.21 bits per heavy atom. The van der Waals surface area contributed by atoms with Crippen LogP contribution < -0.4 is 0 Å². The summed E-state index contributed by atoms with van der Waals surface area (Å²) in [5.41, 5.74) is 2.93. The average Bonchev–Trinajstić information content (AvgIpc) is 3.19. The van der Waals surface area contributed by atoms with E-state index < -0.39 is 12.2 Å². The van der Waals surface area contributed by atoms with Crippen molar-refractivity contribution in [3.63, 3.8) is 0 Å². The Labute approximate surface area is 176 Å². The van der Waals surface area contributed by atoms with E-state index in [1.807, 2.05) is 24.0 Å². The van der Waals surface area contributed by atoms with Gasteiger partial charge in [0.2, 0.25) is 5.96 Å². The summed E-state index contributed by atoms with van der Waals surface area (Å²) < 4.78 is 0. The molecule has 29 heavy (non-hydrogen) atoms. The Morgan fingerprint density at radius 3 is 2.59 bits per heavy atom. The lowest BCUT2D eigenvalue weighted by atomic mass is 10.1.